The number of hydrogen-bond acceptors (Lipinski definition) is 4. The zero-order valence-electron chi connectivity index (χ0n) is 13.1. The molecule has 1 heterocycles. The molecule has 0 saturated heterocycles. The van der Waals surface area contributed by atoms with Crippen LogP contribution in [0.1, 0.15) is 4.88 Å². The van der Waals surface area contributed by atoms with Crippen molar-refractivity contribution in [2.75, 3.05) is 5.32 Å². The van der Waals surface area contributed by atoms with E-state index < -0.39 is 4.92 Å². The van der Waals surface area contributed by atoms with Gasteiger partial charge in [0.15, 0.2) is 0 Å². The van der Waals surface area contributed by atoms with Crippen LogP contribution in [0.5, 0.6) is 0 Å². The van der Waals surface area contributed by atoms with Gasteiger partial charge in [0.2, 0.25) is 5.91 Å². The van der Waals surface area contributed by atoms with Gasteiger partial charge in [-0.2, -0.15) is 0 Å². The third-order valence-electron chi connectivity index (χ3n) is 3.41. The third kappa shape index (κ3) is 4.39. The summed E-state index contributed by atoms with van der Waals surface area (Å²) < 4.78 is 0. The summed E-state index contributed by atoms with van der Waals surface area (Å²) in [5.74, 6) is -0.338. The van der Waals surface area contributed by atoms with Crippen LogP contribution in [-0.4, -0.2) is 10.8 Å². The lowest BCUT2D eigenvalue weighted by atomic mass is 10.2. The first-order valence-corrected chi connectivity index (χ1v) is 8.32. The molecule has 3 rings (SSSR count). The lowest BCUT2D eigenvalue weighted by Gasteiger charge is -2.01. The summed E-state index contributed by atoms with van der Waals surface area (Å²) in [6, 6.07) is 19.8. The molecule has 0 atom stereocenters. The van der Waals surface area contributed by atoms with E-state index in [1.807, 2.05) is 42.5 Å². The van der Waals surface area contributed by atoms with Crippen LogP contribution in [-0.2, 0) is 4.79 Å². The van der Waals surface area contributed by atoms with Crippen molar-refractivity contribution < 1.29 is 9.72 Å². The minimum absolute atomic E-state index is 0.0625. The smallest absolute Gasteiger partial charge is 0.271 e. The van der Waals surface area contributed by atoms with Crippen LogP contribution in [0.3, 0.4) is 0 Å². The van der Waals surface area contributed by atoms with Gasteiger partial charge in [-0.3, -0.25) is 14.9 Å². The van der Waals surface area contributed by atoms with E-state index in [-0.39, 0.29) is 11.6 Å². The number of hydrogen-bond donors (Lipinski definition) is 1. The van der Waals surface area contributed by atoms with Crippen molar-refractivity contribution in [3.63, 3.8) is 0 Å². The Balaban J connectivity index is 1.66. The van der Waals surface area contributed by atoms with Crippen LogP contribution in [0.15, 0.2) is 72.8 Å². The van der Waals surface area contributed by atoms with Crippen LogP contribution < -0.4 is 5.32 Å². The number of thiophene rings is 1. The van der Waals surface area contributed by atoms with Crippen molar-refractivity contribution in [2.24, 2.45) is 0 Å². The fourth-order valence-corrected chi connectivity index (χ4v) is 3.16. The molecule has 0 aliphatic carbocycles. The number of carbonyl (C=O) groups excluding carboxylic acids is 1. The van der Waals surface area contributed by atoms with Gasteiger partial charge in [-0.25, -0.2) is 0 Å². The second kappa shape index (κ2) is 7.55. The molecule has 6 heteroatoms. The van der Waals surface area contributed by atoms with Crippen molar-refractivity contribution in [1.29, 1.82) is 0 Å². The normalized spacial score (nSPS) is 10.7. The van der Waals surface area contributed by atoms with E-state index in [0.717, 1.165) is 15.3 Å². The lowest BCUT2D eigenvalue weighted by molar-refractivity contribution is -0.384. The van der Waals surface area contributed by atoms with Crippen molar-refractivity contribution in [2.45, 2.75) is 0 Å². The van der Waals surface area contributed by atoms with Gasteiger partial charge >= 0.3 is 0 Å². The average Bonchev–Trinajstić information content (AvgIpc) is 3.10. The van der Waals surface area contributed by atoms with E-state index in [1.165, 1.54) is 24.3 Å². The molecular weight excluding hydrogens is 336 g/mol. The van der Waals surface area contributed by atoms with E-state index in [1.54, 1.807) is 23.5 Å². The van der Waals surface area contributed by atoms with Crippen molar-refractivity contribution in [3.05, 3.63) is 87.8 Å². The van der Waals surface area contributed by atoms with E-state index >= 15 is 0 Å². The Kier molecular flexibility index (Phi) is 5.01. The van der Waals surface area contributed by atoms with E-state index in [2.05, 4.69) is 5.32 Å². The molecule has 0 spiro atoms. The summed E-state index contributed by atoms with van der Waals surface area (Å²) in [5.41, 5.74) is 1.46. The number of amides is 1. The number of nitro groups is 1. The van der Waals surface area contributed by atoms with Gasteiger partial charge in [0, 0.05) is 33.7 Å². The molecule has 25 heavy (non-hydrogen) atoms. The maximum Gasteiger partial charge on any atom is 0.271 e. The van der Waals surface area contributed by atoms with Crippen LogP contribution in [0.4, 0.5) is 11.4 Å². The predicted molar refractivity (Wildman–Crippen MR) is 101 cm³/mol. The highest BCUT2D eigenvalue weighted by atomic mass is 32.1. The minimum Gasteiger partial charge on any atom is -0.322 e. The zero-order chi connectivity index (χ0) is 17.6. The van der Waals surface area contributed by atoms with E-state index in [9.17, 15) is 14.9 Å². The molecule has 1 amide bonds. The summed E-state index contributed by atoms with van der Waals surface area (Å²) in [6.07, 6.45) is 3.14. The van der Waals surface area contributed by atoms with E-state index in [4.69, 9.17) is 0 Å². The molecule has 1 N–H and O–H groups in total. The standard InChI is InChI=1S/C19H14N2O3S/c22-19(20-15-7-4-8-16(13-15)21(23)24)12-10-17-9-11-18(25-17)14-5-2-1-3-6-14/h1-13H,(H,20,22). The molecule has 0 saturated carbocycles. The average molecular weight is 350 g/mol. The van der Waals surface area contributed by atoms with Crippen molar-refractivity contribution in [3.8, 4) is 10.4 Å². The predicted octanol–water partition coefficient (Wildman–Crippen LogP) is 4.98. The molecule has 0 aliphatic heterocycles. The van der Waals surface area contributed by atoms with E-state index in [0.29, 0.717) is 5.69 Å². The van der Waals surface area contributed by atoms with Gasteiger partial charge in [0.25, 0.3) is 5.69 Å². The first-order chi connectivity index (χ1) is 12.1. The molecule has 0 aliphatic rings. The maximum atomic E-state index is 12.0. The summed E-state index contributed by atoms with van der Waals surface area (Å²) >= 11 is 1.58. The maximum absolute atomic E-state index is 12.0. The highest BCUT2D eigenvalue weighted by molar-refractivity contribution is 7.16. The molecule has 124 valence electrons. The molecular formula is C19H14N2O3S. The summed E-state index contributed by atoms with van der Waals surface area (Å²) in [6.45, 7) is 0. The number of carbonyl (C=O) groups is 1. The topological polar surface area (TPSA) is 72.2 Å². The molecule has 0 bridgehead atoms. The number of nitrogens with zero attached hydrogens (tertiary/aromatic N) is 1. The highest BCUT2D eigenvalue weighted by Gasteiger charge is 2.07. The number of non-ortho nitro benzene ring substituents is 1. The first-order valence-electron chi connectivity index (χ1n) is 7.50. The van der Waals surface area contributed by atoms with Gasteiger partial charge in [-0.1, -0.05) is 36.4 Å². The molecule has 1 aromatic heterocycles. The Hall–Kier alpha value is -3.25. The van der Waals surface area contributed by atoms with Crippen LogP contribution >= 0.6 is 11.3 Å². The van der Waals surface area contributed by atoms with Crippen molar-refractivity contribution in [1.82, 2.24) is 0 Å². The number of nitro benzene ring substituents is 1. The monoisotopic (exact) mass is 350 g/mol. The Morgan fingerprint density at radius 3 is 2.60 bits per heavy atom. The Morgan fingerprint density at radius 2 is 1.84 bits per heavy atom. The molecule has 3 aromatic rings. The quantitative estimate of drug-likeness (QED) is 0.401. The van der Waals surface area contributed by atoms with Gasteiger partial charge in [0.1, 0.15) is 0 Å². The zero-order valence-corrected chi connectivity index (χ0v) is 13.9. The fourth-order valence-electron chi connectivity index (χ4n) is 2.24. The van der Waals surface area contributed by atoms with Gasteiger partial charge in [-0.15, -0.1) is 11.3 Å². The van der Waals surface area contributed by atoms with Crippen LogP contribution in [0.25, 0.3) is 16.5 Å². The Bertz CT molecular complexity index is 933. The summed E-state index contributed by atoms with van der Waals surface area (Å²) in [5, 5.41) is 13.4. The molecule has 0 radical (unpaired) electrons. The summed E-state index contributed by atoms with van der Waals surface area (Å²) in [4.78, 5) is 24.3. The summed E-state index contributed by atoms with van der Waals surface area (Å²) in [7, 11) is 0. The second-order valence-electron chi connectivity index (χ2n) is 5.20. The third-order valence-corrected chi connectivity index (χ3v) is 4.51. The highest BCUT2D eigenvalue weighted by Crippen LogP contribution is 2.28. The van der Waals surface area contributed by atoms with Gasteiger partial charge in [0.05, 0.1) is 4.92 Å². The molecule has 5 nitrogen and oxygen atoms in total. The number of anilines is 1. The number of rotatable bonds is 5. The SMILES string of the molecule is O=C(C=Cc1ccc(-c2ccccc2)s1)Nc1cccc([N+](=O)[O-])c1. The Labute approximate surface area is 148 Å². The minimum atomic E-state index is -0.498. The van der Waals surface area contributed by atoms with Gasteiger partial charge in [-0.05, 0) is 29.8 Å². The first kappa shape index (κ1) is 16.6. The number of benzene rings is 2. The fraction of sp³-hybridized carbons (Fsp3) is 0. The van der Waals surface area contributed by atoms with Gasteiger partial charge < -0.3 is 5.32 Å². The second-order valence-corrected chi connectivity index (χ2v) is 6.31. The molecule has 0 unspecified atom stereocenters. The molecule has 0 fully saturated rings. The number of nitrogens with one attached hydrogen (secondary N) is 1. The van der Waals surface area contributed by atoms with Crippen LogP contribution in [0, 0.1) is 10.1 Å². The van der Waals surface area contributed by atoms with Crippen molar-refractivity contribution >= 4 is 34.7 Å². The molecule has 2 aromatic carbocycles. The largest absolute Gasteiger partial charge is 0.322 e. The van der Waals surface area contributed by atoms with Crippen LogP contribution in [0.2, 0.25) is 0 Å². The lowest BCUT2D eigenvalue weighted by Crippen LogP contribution is -2.07. The Morgan fingerprint density at radius 1 is 1.04 bits per heavy atom.